The number of fused-ring (bicyclic) bond motifs is 1. The van der Waals surface area contributed by atoms with Crippen molar-refractivity contribution in [3.05, 3.63) is 70.3 Å². The van der Waals surface area contributed by atoms with Crippen molar-refractivity contribution in [3.63, 3.8) is 0 Å². The smallest absolute Gasteiger partial charge is 0.266 e. The second-order valence-electron chi connectivity index (χ2n) is 5.16. The lowest BCUT2D eigenvalue weighted by Gasteiger charge is -2.15. The van der Waals surface area contributed by atoms with Crippen molar-refractivity contribution in [2.24, 2.45) is 0 Å². The molecule has 0 bridgehead atoms. The summed E-state index contributed by atoms with van der Waals surface area (Å²) in [5.41, 5.74) is -2.13. The number of rotatable bonds is 3. The first-order valence-corrected chi connectivity index (χ1v) is 6.86. The highest BCUT2D eigenvalue weighted by Gasteiger charge is 2.39. The zero-order chi connectivity index (χ0) is 18.4. The van der Waals surface area contributed by atoms with Gasteiger partial charge in [-0.1, -0.05) is 12.1 Å². The highest BCUT2D eigenvalue weighted by molar-refractivity contribution is 6.20. The van der Waals surface area contributed by atoms with E-state index in [0.29, 0.717) is 17.2 Å². The number of carbonyl (C=O) groups excluding carboxylic acids is 2. The quantitative estimate of drug-likeness (QED) is 0.622. The minimum absolute atomic E-state index is 0.0947. The zero-order valence-corrected chi connectivity index (χ0v) is 12.2. The van der Waals surface area contributed by atoms with E-state index in [9.17, 15) is 31.5 Å². The van der Waals surface area contributed by atoms with Gasteiger partial charge in [0.05, 0.1) is 11.1 Å². The van der Waals surface area contributed by atoms with E-state index >= 15 is 0 Å². The zero-order valence-electron chi connectivity index (χ0n) is 12.2. The van der Waals surface area contributed by atoms with Crippen LogP contribution in [0.25, 0.3) is 0 Å². The van der Waals surface area contributed by atoms with Crippen molar-refractivity contribution >= 4 is 11.8 Å². The van der Waals surface area contributed by atoms with Crippen LogP contribution in [0, 0.1) is 11.6 Å². The van der Waals surface area contributed by atoms with Crippen molar-refractivity contribution in [2.75, 3.05) is 0 Å². The molecule has 0 spiro atoms. The maximum atomic E-state index is 13.5. The SMILES string of the molecule is O=C1c2ccccc2C(=O)N1OCc1cc(F)c(C(F)(F)F)c(F)c1. The van der Waals surface area contributed by atoms with Crippen LogP contribution in [0.4, 0.5) is 22.0 Å². The standard InChI is InChI=1S/C16H8F5NO3/c17-11-5-8(6-12(18)13(11)16(19,20)21)7-25-22-14(23)9-3-1-2-4-10(9)15(22)24/h1-6H,7H2. The number of benzene rings is 2. The van der Waals surface area contributed by atoms with Crippen molar-refractivity contribution in [1.82, 2.24) is 5.06 Å². The Morgan fingerprint density at radius 3 is 1.84 bits per heavy atom. The van der Waals surface area contributed by atoms with Gasteiger partial charge in [0.15, 0.2) is 0 Å². The Hall–Kier alpha value is -2.81. The molecule has 0 radical (unpaired) electrons. The monoisotopic (exact) mass is 357 g/mol. The molecule has 1 heterocycles. The van der Waals surface area contributed by atoms with Gasteiger partial charge in [-0.2, -0.15) is 13.2 Å². The molecule has 2 amide bonds. The third kappa shape index (κ3) is 2.98. The lowest BCUT2D eigenvalue weighted by atomic mass is 10.1. The molecule has 0 atom stereocenters. The summed E-state index contributed by atoms with van der Waals surface area (Å²) in [6.07, 6.45) is -5.18. The Kier molecular flexibility index (Phi) is 4.03. The molecule has 4 nitrogen and oxygen atoms in total. The topological polar surface area (TPSA) is 46.6 Å². The van der Waals surface area contributed by atoms with Crippen LogP contribution in [0.3, 0.4) is 0 Å². The fraction of sp³-hybridized carbons (Fsp3) is 0.125. The van der Waals surface area contributed by atoms with E-state index in [1.165, 1.54) is 24.3 Å². The number of hydrogen-bond donors (Lipinski definition) is 0. The fourth-order valence-corrected chi connectivity index (χ4v) is 2.40. The number of halogens is 5. The Morgan fingerprint density at radius 2 is 1.40 bits per heavy atom. The van der Waals surface area contributed by atoms with Gasteiger partial charge in [-0.15, -0.1) is 5.06 Å². The van der Waals surface area contributed by atoms with Gasteiger partial charge in [-0.25, -0.2) is 8.78 Å². The lowest BCUT2D eigenvalue weighted by Crippen LogP contribution is -2.29. The summed E-state index contributed by atoms with van der Waals surface area (Å²) in [7, 11) is 0. The van der Waals surface area contributed by atoms with Crippen molar-refractivity contribution in [3.8, 4) is 0 Å². The summed E-state index contributed by atoms with van der Waals surface area (Å²) < 4.78 is 64.6. The molecular formula is C16H8F5NO3. The Bertz CT molecular complexity index is 820. The first kappa shape index (κ1) is 17.0. The molecule has 1 aliphatic rings. The van der Waals surface area contributed by atoms with Gasteiger partial charge in [0.25, 0.3) is 11.8 Å². The van der Waals surface area contributed by atoms with E-state index in [1.54, 1.807) is 0 Å². The molecule has 130 valence electrons. The third-order valence-corrected chi connectivity index (χ3v) is 3.50. The van der Waals surface area contributed by atoms with Crippen LogP contribution in [0.15, 0.2) is 36.4 Å². The molecule has 0 saturated carbocycles. The lowest BCUT2D eigenvalue weighted by molar-refractivity contribution is -0.142. The molecule has 1 aliphatic heterocycles. The predicted molar refractivity (Wildman–Crippen MR) is 73.1 cm³/mol. The largest absolute Gasteiger partial charge is 0.422 e. The summed E-state index contributed by atoms with van der Waals surface area (Å²) in [4.78, 5) is 29.0. The van der Waals surface area contributed by atoms with Crippen molar-refractivity contribution < 1.29 is 36.4 Å². The maximum absolute atomic E-state index is 13.5. The number of hydrogen-bond acceptors (Lipinski definition) is 3. The predicted octanol–water partition coefficient (Wildman–Crippen LogP) is 3.71. The number of alkyl halides is 3. The molecule has 25 heavy (non-hydrogen) atoms. The van der Waals surface area contributed by atoms with Gasteiger partial charge in [0.2, 0.25) is 0 Å². The Balaban J connectivity index is 1.80. The molecule has 0 fully saturated rings. The minimum atomic E-state index is -5.18. The van der Waals surface area contributed by atoms with Crippen LogP contribution in [0.2, 0.25) is 0 Å². The second-order valence-corrected chi connectivity index (χ2v) is 5.16. The number of carbonyl (C=O) groups is 2. The molecule has 0 unspecified atom stereocenters. The summed E-state index contributed by atoms with van der Waals surface area (Å²) >= 11 is 0. The summed E-state index contributed by atoms with van der Waals surface area (Å²) in [5, 5.41) is 0.401. The van der Waals surface area contributed by atoms with Crippen molar-refractivity contribution in [2.45, 2.75) is 12.8 Å². The summed E-state index contributed by atoms with van der Waals surface area (Å²) in [5.74, 6) is -5.16. The molecule has 0 saturated heterocycles. The normalized spacial score (nSPS) is 14.2. The minimum Gasteiger partial charge on any atom is -0.266 e. The second kappa shape index (κ2) is 5.92. The summed E-state index contributed by atoms with van der Waals surface area (Å²) in [6.45, 7) is -0.669. The van der Waals surface area contributed by atoms with E-state index in [-0.39, 0.29) is 16.7 Å². The van der Waals surface area contributed by atoms with Gasteiger partial charge >= 0.3 is 6.18 Å². The van der Waals surface area contributed by atoms with Crippen LogP contribution < -0.4 is 0 Å². The van der Waals surface area contributed by atoms with Crippen LogP contribution in [-0.4, -0.2) is 16.9 Å². The van der Waals surface area contributed by atoms with Gasteiger partial charge < -0.3 is 0 Å². The first-order valence-electron chi connectivity index (χ1n) is 6.86. The van der Waals surface area contributed by atoms with E-state index in [4.69, 9.17) is 4.84 Å². The molecule has 0 aliphatic carbocycles. The highest BCUT2D eigenvalue weighted by Crippen LogP contribution is 2.34. The van der Waals surface area contributed by atoms with Crippen LogP contribution >= 0.6 is 0 Å². The fourth-order valence-electron chi connectivity index (χ4n) is 2.40. The molecule has 0 aromatic heterocycles. The Labute approximate surface area is 137 Å². The number of imide groups is 1. The molecule has 9 heteroatoms. The van der Waals surface area contributed by atoms with Crippen molar-refractivity contribution in [1.29, 1.82) is 0 Å². The first-order chi connectivity index (χ1) is 11.7. The average Bonchev–Trinajstić information content (AvgIpc) is 2.75. The highest BCUT2D eigenvalue weighted by atomic mass is 19.4. The average molecular weight is 357 g/mol. The number of hydroxylamine groups is 2. The van der Waals surface area contributed by atoms with Crippen LogP contribution in [0.1, 0.15) is 31.8 Å². The summed E-state index contributed by atoms with van der Waals surface area (Å²) in [6, 6.07) is 6.74. The van der Waals surface area contributed by atoms with E-state index in [2.05, 4.69) is 0 Å². The van der Waals surface area contributed by atoms with E-state index in [0.717, 1.165) is 0 Å². The van der Waals surface area contributed by atoms with Gasteiger partial charge in [0, 0.05) is 0 Å². The van der Waals surface area contributed by atoms with Gasteiger partial charge in [-0.05, 0) is 29.8 Å². The molecule has 2 aromatic carbocycles. The Morgan fingerprint density at radius 1 is 0.920 bits per heavy atom. The molecular weight excluding hydrogens is 349 g/mol. The number of amides is 2. The molecule has 3 rings (SSSR count). The van der Waals surface area contributed by atoms with Gasteiger partial charge in [0.1, 0.15) is 23.8 Å². The molecule has 0 N–H and O–H groups in total. The maximum Gasteiger partial charge on any atom is 0.422 e. The van der Waals surface area contributed by atoms with Gasteiger partial charge in [-0.3, -0.25) is 14.4 Å². The van der Waals surface area contributed by atoms with Crippen LogP contribution in [-0.2, 0) is 17.6 Å². The van der Waals surface area contributed by atoms with Crippen LogP contribution in [0.5, 0.6) is 0 Å². The third-order valence-electron chi connectivity index (χ3n) is 3.50. The number of nitrogens with zero attached hydrogens (tertiary/aromatic N) is 1. The molecule has 2 aromatic rings. The van der Waals surface area contributed by atoms with E-state index in [1.807, 2.05) is 0 Å². The van der Waals surface area contributed by atoms with E-state index < -0.39 is 41.8 Å².